The van der Waals surface area contributed by atoms with Crippen LogP contribution in [0.2, 0.25) is 0 Å². The van der Waals surface area contributed by atoms with Crippen molar-refractivity contribution in [1.29, 1.82) is 0 Å². The fourth-order valence-corrected chi connectivity index (χ4v) is 20.5. The summed E-state index contributed by atoms with van der Waals surface area (Å²) in [5, 5.41) is 4.94. The molecule has 594 valence electrons. The van der Waals surface area contributed by atoms with Gasteiger partial charge in [-0.3, -0.25) is 0 Å². The van der Waals surface area contributed by atoms with Crippen LogP contribution in [0.4, 0.5) is 34.1 Å². The summed E-state index contributed by atoms with van der Waals surface area (Å²) in [6.45, 7) is 35.2. The third kappa shape index (κ3) is 12.1. The Morgan fingerprint density at radius 1 is 0.230 bits per heavy atom. The van der Waals surface area contributed by atoms with Crippen LogP contribution in [0.5, 0.6) is 0 Å². The maximum Gasteiger partial charge on any atom is 0.252 e. The molecule has 3 aliphatic rings. The number of fused-ring (bicyclic) bond motifs is 13. The van der Waals surface area contributed by atoms with Gasteiger partial charge in [0.05, 0.1) is 38.9 Å². The molecule has 4 heterocycles. The first-order chi connectivity index (χ1) is 58.7. The largest absolute Gasteiger partial charge is 0.310 e. The second-order valence-electron chi connectivity index (χ2n) is 39.7. The molecule has 16 aromatic carbocycles. The third-order valence-electron chi connectivity index (χ3n) is 26.9. The number of benzene rings is 16. The van der Waals surface area contributed by atoms with Gasteiger partial charge in [0.25, 0.3) is 6.71 Å². The molecule has 0 fully saturated rings. The highest BCUT2D eigenvalue weighted by Gasteiger charge is 2.49. The monoisotopic (exact) mass is 1570 g/mol. The number of hydrogen-bond donors (Lipinski definition) is 0. The summed E-state index contributed by atoms with van der Waals surface area (Å²) in [5.41, 5.74) is 39.0. The summed E-state index contributed by atoms with van der Waals surface area (Å²) in [5.74, 6) is 0. The highest BCUT2D eigenvalue weighted by atomic mass is 15.2. The quantitative estimate of drug-likeness (QED) is 0.127. The maximum absolute atomic E-state index is 2.77. The number of para-hydroxylation sites is 1. The average Bonchev–Trinajstić information content (AvgIpc) is 1.37. The molecule has 21 rings (SSSR count). The Morgan fingerprint density at radius 2 is 0.574 bits per heavy atom. The molecule has 0 N–H and O–H groups in total. The highest BCUT2D eigenvalue weighted by molar-refractivity contribution is 7.00. The smallest absolute Gasteiger partial charge is 0.252 e. The Kier molecular flexibility index (Phi) is 17.4. The molecule has 5 heteroatoms. The van der Waals surface area contributed by atoms with Crippen LogP contribution in [-0.4, -0.2) is 15.8 Å². The van der Waals surface area contributed by atoms with Crippen LogP contribution >= 0.6 is 0 Å². The number of rotatable bonds is 10. The first-order valence-electron chi connectivity index (χ1n) is 43.7. The van der Waals surface area contributed by atoms with Crippen LogP contribution in [0.15, 0.2) is 352 Å². The van der Waals surface area contributed by atoms with E-state index < -0.39 is 5.41 Å². The minimum atomic E-state index is -0.628. The number of anilines is 6. The Labute approximate surface area is 720 Å². The molecule has 0 unspecified atom stereocenters. The Hall–Kier alpha value is -13.2. The number of aromatic nitrogens is 2. The van der Waals surface area contributed by atoms with Gasteiger partial charge >= 0.3 is 0 Å². The van der Waals surface area contributed by atoms with Gasteiger partial charge in [-0.05, 0) is 230 Å². The second-order valence-corrected chi connectivity index (χ2v) is 39.7. The molecule has 18 aromatic rings. The lowest BCUT2D eigenvalue weighted by Crippen LogP contribution is -2.61. The molecule has 0 amide bonds. The van der Waals surface area contributed by atoms with Crippen LogP contribution < -0.4 is 26.2 Å². The van der Waals surface area contributed by atoms with Gasteiger partial charge in [0, 0.05) is 77.9 Å². The van der Waals surface area contributed by atoms with Gasteiger partial charge in [0.2, 0.25) is 0 Å². The topological polar surface area (TPSA) is 16.3 Å². The summed E-state index contributed by atoms with van der Waals surface area (Å²) < 4.78 is 5.19. The number of nitrogens with zero attached hydrogens (tertiary/aromatic N) is 4. The first-order valence-corrected chi connectivity index (χ1v) is 43.7. The normalized spacial score (nSPS) is 13.7. The van der Waals surface area contributed by atoms with Crippen LogP contribution in [0, 0.1) is 0 Å². The molecule has 0 bridgehead atoms. The predicted octanol–water partition coefficient (Wildman–Crippen LogP) is 29.5. The van der Waals surface area contributed by atoms with Gasteiger partial charge in [-0.2, -0.15) is 0 Å². The Bertz CT molecular complexity index is 7010. The van der Waals surface area contributed by atoms with Crippen molar-refractivity contribution in [1.82, 2.24) is 9.13 Å². The van der Waals surface area contributed by atoms with Crippen molar-refractivity contribution in [3.8, 4) is 67.0 Å². The average molecular weight is 1580 g/mol. The summed E-state index contributed by atoms with van der Waals surface area (Å²) in [6.07, 6.45) is 0. The first kappa shape index (κ1) is 76.2. The molecule has 2 aromatic heterocycles. The summed E-state index contributed by atoms with van der Waals surface area (Å²) in [4.78, 5) is 5.53. The summed E-state index contributed by atoms with van der Waals surface area (Å²) in [6, 6.07) is 136. The molecule has 1 aliphatic carbocycles. The fourth-order valence-electron chi connectivity index (χ4n) is 20.5. The molecular weight excluding hydrogens is 1470 g/mol. The third-order valence-corrected chi connectivity index (χ3v) is 26.9. The van der Waals surface area contributed by atoms with Gasteiger partial charge in [-0.25, -0.2) is 0 Å². The minimum Gasteiger partial charge on any atom is -0.310 e. The Balaban J connectivity index is 0.931. The van der Waals surface area contributed by atoms with Crippen molar-refractivity contribution in [2.24, 2.45) is 0 Å². The molecular formula is C117H103BN4. The predicted molar refractivity (Wildman–Crippen MR) is 522 cm³/mol. The van der Waals surface area contributed by atoms with Crippen LogP contribution in [-0.2, 0) is 32.5 Å². The molecule has 0 atom stereocenters. The van der Waals surface area contributed by atoms with Crippen molar-refractivity contribution in [2.75, 3.05) is 9.80 Å². The van der Waals surface area contributed by atoms with E-state index in [0.29, 0.717) is 0 Å². The molecule has 0 saturated carbocycles. The van der Waals surface area contributed by atoms with Gasteiger partial charge in [-0.1, -0.05) is 353 Å². The lowest BCUT2D eigenvalue weighted by molar-refractivity contribution is 0.590. The van der Waals surface area contributed by atoms with Gasteiger partial charge in [-0.15, -0.1) is 0 Å². The number of hydrogen-bond acceptors (Lipinski definition) is 2. The van der Waals surface area contributed by atoms with E-state index in [2.05, 4.69) is 475 Å². The van der Waals surface area contributed by atoms with Crippen molar-refractivity contribution in [3.05, 3.63) is 402 Å². The van der Waals surface area contributed by atoms with E-state index in [-0.39, 0.29) is 33.8 Å². The van der Waals surface area contributed by atoms with E-state index in [1.54, 1.807) is 0 Å². The van der Waals surface area contributed by atoms with Crippen molar-refractivity contribution in [2.45, 2.75) is 136 Å². The van der Waals surface area contributed by atoms with E-state index in [9.17, 15) is 0 Å². The summed E-state index contributed by atoms with van der Waals surface area (Å²) >= 11 is 0. The molecule has 2 aliphatic heterocycles. The Morgan fingerprint density at radius 3 is 0.984 bits per heavy atom. The van der Waals surface area contributed by atoms with Gasteiger partial charge in [0.1, 0.15) is 0 Å². The second kappa shape index (κ2) is 27.9. The lowest BCUT2D eigenvalue weighted by atomic mass is 9.33. The SMILES string of the molecule is CC(C)(C)c1cc(-c2ccccc2)c(N2c3cc(-n4c5ccc(C(C)(C)C)cc5c5cc(C(C)(C)C)ccc54)ccc3B3c4ccc(-n5c6ccccc6c6cc7c(cc65)C(c5ccccc5)(c5ccccc5)c5ccccc5-7)cc4N(c4c(-c5ccccc5)cc(C(C)(C)C)cc4-c4ccccc4)c4cc(C(C)(C)C)cc2c43)c(-c2ccccc2)c1. The van der Waals surface area contributed by atoms with Crippen molar-refractivity contribution >= 4 is 101 Å². The van der Waals surface area contributed by atoms with Crippen LogP contribution in [0.1, 0.15) is 154 Å². The van der Waals surface area contributed by atoms with Crippen LogP contribution in [0.25, 0.3) is 111 Å². The van der Waals surface area contributed by atoms with Gasteiger partial charge in [0.15, 0.2) is 0 Å². The molecule has 0 spiro atoms. The van der Waals surface area contributed by atoms with Crippen molar-refractivity contribution < 1.29 is 0 Å². The fraction of sp³-hybridized carbons (Fsp3) is 0.179. The van der Waals surface area contributed by atoms with Gasteiger partial charge < -0.3 is 18.9 Å². The molecule has 0 saturated heterocycles. The lowest BCUT2D eigenvalue weighted by Gasteiger charge is -2.47. The van der Waals surface area contributed by atoms with E-state index in [0.717, 1.165) is 89.9 Å². The molecule has 0 radical (unpaired) electrons. The summed E-state index contributed by atoms with van der Waals surface area (Å²) in [7, 11) is 0. The van der Waals surface area contributed by atoms with E-state index in [1.165, 1.54) is 121 Å². The zero-order valence-electron chi connectivity index (χ0n) is 72.9. The maximum atomic E-state index is 2.77. The van der Waals surface area contributed by atoms with Crippen LogP contribution in [0.3, 0.4) is 0 Å². The molecule has 122 heavy (non-hydrogen) atoms. The highest BCUT2D eigenvalue weighted by Crippen LogP contribution is 2.60. The van der Waals surface area contributed by atoms with Crippen molar-refractivity contribution in [3.63, 3.8) is 0 Å². The molecule has 4 nitrogen and oxygen atoms in total. The van der Waals surface area contributed by atoms with E-state index in [1.807, 2.05) is 0 Å². The zero-order chi connectivity index (χ0) is 83.8. The standard InChI is InChI=1S/C117H103BN4/c1-112(2,3)80-54-60-102-94(62-80)95-63-81(113(4,5)6)55-61-103(95)119(102)85-56-58-99-105(70-85)121(110-89(74-38-22-16-23-39-74)64-82(114(7,8)9)65-90(110)75-40-24-17-25-41-75)107-68-84(116(13,14)15)69-108-109(107)118(99)100-59-57-86(71-106(100)122(108)111-91(76-42-26-18-27-43-76)66-83(115(10,11)12)67-92(111)77-44-28-19-29-45-77)120-101-53-37-35-51-88(101)96-72-93-87-50-34-36-52-97(87)117(98(93)73-104(96)120,78-46-30-20-31-47-78)79-48-32-21-33-49-79/h16-73H,1-15H3. The van der Waals surface area contributed by atoms with E-state index in [4.69, 9.17) is 0 Å². The zero-order valence-corrected chi connectivity index (χ0v) is 72.9. The minimum absolute atomic E-state index is 0.0756. The van der Waals surface area contributed by atoms with E-state index >= 15 is 0 Å².